The van der Waals surface area contributed by atoms with Gasteiger partial charge >= 0.3 is 5.97 Å². The van der Waals surface area contributed by atoms with Crippen molar-refractivity contribution in [3.05, 3.63) is 52.8 Å². The van der Waals surface area contributed by atoms with Crippen molar-refractivity contribution in [3.63, 3.8) is 0 Å². The molecule has 1 aromatic carbocycles. The van der Waals surface area contributed by atoms with Crippen LogP contribution < -0.4 is 15.2 Å². The van der Waals surface area contributed by atoms with E-state index in [4.69, 9.17) is 20.3 Å². The van der Waals surface area contributed by atoms with Crippen LogP contribution in [0.3, 0.4) is 0 Å². The van der Waals surface area contributed by atoms with Crippen molar-refractivity contribution in [1.82, 2.24) is 9.88 Å². The molecule has 0 spiro atoms. The fourth-order valence-corrected chi connectivity index (χ4v) is 4.51. The first-order chi connectivity index (χ1) is 14.0. The number of nitrogens with zero attached hydrogens (tertiary/aromatic N) is 2. The molecule has 154 valence electrons. The standard InChI is InChI=1S/C22H27N3O4/c1-13-5-7-24-17(9-13)15-3-4-18-16-11-19(28-2)20(29-21(23)22(26)27)10-14(16)6-8-25(18)12-15/h5,7,9-11,15,18,21H,3-4,6,8,12,23H2,1-2H3,(H,26,27). The van der Waals surface area contributed by atoms with Crippen LogP contribution in [0.4, 0.5) is 0 Å². The Hall–Kier alpha value is -2.64. The summed E-state index contributed by atoms with van der Waals surface area (Å²) in [6.07, 6.45) is 3.49. The Kier molecular flexibility index (Phi) is 5.43. The predicted octanol–water partition coefficient (Wildman–Crippen LogP) is 2.62. The van der Waals surface area contributed by atoms with Gasteiger partial charge in [0.1, 0.15) is 0 Å². The summed E-state index contributed by atoms with van der Waals surface area (Å²) in [5.74, 6) is 0.141. The van der Waals surface area contributed by atoms with Crippen molar-refractivity contribution in [3.8, 4) is 11.5 Å². The summed E-state index contributed by atoms with van der Waals surface area (Å²) in [5.41, 5.74) is 10.4. The maximum absolute atomic E-state index is 11.0. The van der Waals surface area contributed by atoms with E-state index in [1.54, 1.807) is 7.11 Å². The van der Waals surface area contributed by atoms with Crippen LogP contribution in [0.5, 0.6) is 11.5 Å². The van der Waals surface area contributed by atoms with Gasteiger partial charge in [-0.15, -0.1) is 0 Å². The molecule has 3 heterocycles. The molecule has 0 saturated carbocycles. The van der Waals surface area contributed by atoms with Gasteiger partial charge in [0, 0.05) is 36.9 Å². The van der Waals surface area contributed by atoms with Crippen LogP contribution in [-0.2, 0) is 11.2 Å². The number of aryl methyl sites for hydroxylation is 1. The zero-order valence-electron chi connectivity index (χ0n) is 16.8. The molecule has 7 heteroatoms. The van der Waals surface area contributed by atoms with E-state index in [2.05, 4.69) is 22.9 Å². The smallest absolute Gasteiger partial charge is 0.360 e. The molecule has 3 atom stereocenters. The highest BCUT2D eigenvalue weighted by Crippen LogP contribution is 2.44. The van der Waals surface area contributed by atoms with E-state index in [0.29, 0.717) is 23.5 Å². The summed E-state index contributed by atoms with van der Waals surface area (Å²) >= 11 is 0. The molecule has 3 unspecified atom stereocenters. The number of carboxylic acids is 1. The number of nitrogens with two attached hydrogens (primary N) is 1. The SMILES string of the molecule is COc1cc2c(cc1OC(N)C(=O)O)CCN1CC(c3cc(C)ccn3)CCC21. The van der Waals surface area contributed by atoms with Crippen LogP contribution in [0.1, 0.15) is 47.2 Å². The number of carboxylic acid groups (broad SMARTS) is 1. The summed E-state index contributed by atoms with van der Waals surface area (Å²) in [7, 11) is 1.56. The van der Waals surface area contributed by atoms with E-state index in [1.807, 2.05) is 24.4 Å². The molecule has 2 aliphatic rings. The summed E-state index contributed by atoms with van der Waals surface area (Å²) in [6.45, 7) is 4.05. The normalized spacial score (nSPS) is 22.3. The monoisotopic (exact) mass is 397 g/mol. The van der Waals surface area contributed by atoms with Gasteiger partial charge in [-0.1, -0.05) is 0 Å². The molecule has 1 fully saturated rings. The topological polar surface area (TPSA) is 97.9 Å². The van der Waals surface area contributed by atoms with Gasteiger partial charge < -0.3 is 14.6 Å². The van der Waals surface area contributed by atoms with Gasteiger partial charge in [0.25, 0.3) is 0 Å². The Balaban J connectivity index is 1.57. The summed E-state index contributed by atoms with van der Waals surface area (Å²) in [5, 5.41) is 9.03. The summed E-state index contributed by atoms with van der Waals surface area (Å²) in [4.78, 5) is 18.2. The highest BCUT2D eigenvalue weighted by molar-refractivity contribution is 5.72. The Bertz CT molecular complexity index is 917. The fraction of sp³-hybridized carbons (Fsp3) is 0.455. The lowest BCUT2D eigenvalue weighted by molar-refractivity contribution is -0.144. The minimum absolute atomic E-state index is 0.330. The lowest BCUT2D eigenvalue weighted by Crippen LogP contribution is -2.42. The average molecular weight is 397 g/mol. The first-order valence-electron chi connectivity index (χ1n) is 9.98. The number of aliphatic carboxylic acids is 1. The molecule has 2 aromatic rings. The van der Waals surface area contributed by atoms with Gasteiger partial charge in [0.15, 0.2) is 11.5 Å². The van der Waals surface area contributed by atoms with Crippen molar-refractivity contribution >= 4 is 5.97 Å². The van der Waals surface area contributed by atoms with Gasteiger partial charge in [0.05, 0.1) is 7.11 Å². The van der Waals surface area contributed by atoms with Gasteiger partial charge in [-0.3, -0.25) is 15.6 Å². The molecule has 1 aromatic heterocycles. The van der Waals surface area contributed by atoms with Crippen LogP contribution in [0.25, 0.3) is 0 Å². The molecule has 7 nitrogen and oxygen atoms in total. The first kappa shape index (κ1) is 19.7. The second kappa shape index (κ2) is 8.00. The third kappa shape index (κ3) is 3.93. The number of carbonyl (C=O) groups is 1. The Morgan fingerprint density at radius 2 is 2.14 bits per heavy atom. The number of hydrogen-bond acceptors (Lipinski definition) is 6. The van der Waals surface area contributed by atoms with Crippen molar-refractivity contribution in [2.24, 2.45) is 5.73 Å². The maximum Gasteiger partial charge on any atom is 0.360 e. The number of ether oxygens (including phenoxy) is 2. The molecule has 3 N–H and O–H groups in total. The van der Waals surface area contributed by atoms with E-state index in [0.717, 1.165) is 32.4 Å². The minimum atomic E-state index is -1.42. The van der Waals surface area contributed by atoms with E-state index >= 15 is 0 Å². The molecular formula is C22H27N3O4. The number of hydrogen-bond donors (Lipinski definition) is 2. The Labute approximate surface area is 170 Å². The summed E-state index contributed by atoms with van der Waals surface area (Å²) < 4.78 is 10.9. The largest absolute Gasteiger partial charge is 0.493 e. The third-order valence-corrected chi connectivity index (χ3v) is 5.99. The van der Waals surface area contributed by atoms with Gasteiger partial charge in [-0.25, -0.2) is 4.79 Å². The number of piperidine rings is 1. The number of methoxy groups -OCH3 is 1. The molecule has 0 amide bonds. The Morgan fingerprint density at radius 1 is 1.31 bits per heavy atom. The highest BCUT2D eigenvalue weighted by atomic mass is 16.5. The molecule has 0 radical (unpaired) electrons. The van der Waals surface area contributed by atoms with Crippen LogP contribution in [-0.4, -0.2) is 47.4 Å². The minimum Gasteiger partial charge on any atom is -0.493 e. The lowest BCUT2D eigenvalue weighted by Gasteiger charge is -2.43. The summed E-state index contributed by atoms with van der Waals surface area (Å²) in [6, 6.07) is 8.44. The first-order valence-corrected chi connectivity index (χ1v) is 9.98. The van der Waals surface area contributed by atoms with E-state index < -0.39 is 12.2 Å². The van der Waals surface area contributed by atoms with Gasteiger partial charge in [-0.2, -0.15) is 0 Å². The van der Waals surface area contributed by atoms with E-state index in [1.165, 1.54) is 22.4 Å². The van der Waals surface area contributed by atoms with Crippen molar-refractivity contribution in [2.75, 3.05) is 20.2 Å². The number of benzene rings is 1. The quantitative estimate of drug-likeness (QED) is 0.749. The lowest BCUT2D eigenvalue weighted by atomic mass is 9.82. The zero-order valence-corrected chi connectivity index (χ0v) is 16.8. The van der Waals surface area contributed by atoms with Gasteiger partial charge in [-0.05, 0) is 67.1 Å². The zero-order chi connectivity index (χ0) is 20.5. The molecule has 0 bridgehead atoms. The number of pyridine rings is 1. The Morgan fingerprint density at radius 3 is 2.86 bits per heavy atom. The number of rotatable bonds is 5. The van der Waals surface area contributed by atoms with Crippen LogP contribution >= 0.6 is 0 Å². The highest BCUT2D eigenvalue weighted by Gasteiger charge is 2.35. The molecule has 2 aliphatic heterocycles. The second-order valence-corrected chi connectivity index (χ2v) is 7.87. The molecule has 1 saturated heterocycles. The average Bonchev–Trinajstić information content (AvgIpc) is 2.72. The molecule has 29 heavy (non-hydrogen) atoms. The van der Waals surface area contributed by atoms with Gasteiger partial charge in [0.2, 0.25) is 6.23 Å². The maximum atomic E-state index is 11.0. The molecule has 0 aliphatic carbocycles. The van der Waals surface area contributed by atoms with Crippen LogP contribution in [0.2, 0.25) is 0 Å². The van der Waals surface area contributed by atoms with Crippen molar-refractivity contribution < 1.29 is 19.4 Å². The third-order valence-electron chi connectivity index (χ3n) is 5.99. The van der Waals surface area contributed by atoms with Crippen molar-refractivity contribution in [2.45, 2.75) is 44.4 Å². The number of fused-ring (bicyclic) bond motifs is 3. The molecule has 4 rings (SSSR count). The second-order valence-electron chi connectivity index (χ2n) is 7.87. The van der Waals surface area contributed by atoms with Crippen LogP contribution in [0, 0.1) is 6.92 Å². The predicted molar refractivity (Wildman–Crippen MR) is 108 cm³/mol. The van der Waals surface area contributed by atoms with Crippen LogP contribution in [0.15, 0.2) is 30.5 Å². The number of aromatic nitrogens is 1. The fourth-order valence-electron chi connectivity index (χ4n) is 4.51. The molecular weight excluding hydrogens is 370 g/mol. The van der Waals surface area contributed by atoms with E-state index in [-0.39, 0.29) is 0 Å². The van der Waals surface area contributed by atoms with E-state index in [9.17, 15) is 4.79 Å². The van der Waals surface area contributed by atoms with Crippen molar-refractivity contribution in [1.29, 1.82) is 0 Å².